The Morgan fingerprint density at radius 1 is 1.54 bits per heavy atom. The van der Waals surface area contributed by atoms with Crippen LogP contribution >= 0.6 is 0 Å². The minimum atomic E-state index is 0.115. The van der Waals surface area contributed by atoms with Crippen LogP contribution < -0.4 is 0 Å². The third-order valence-corrected chi connectivity index (χ3v) is 3.57. The molecule has 0 bridgehead atoms. The smallest absolute Gasteiger partial charge is 0.156 e. The van der Waals surface area contributed by atoms with Gasteiger partial charge in [0.1, 0.15) is 0 Å². The van der Waals surface area contributed by atoms with Crippen LogP contribution in [0.2, 0.25) is 0 Å². The van der Waals surface area contributed by atoms with Crippen molar-refractivity contribution in [2.45, 2.75) is 32.1 Å². The van der Waals surface area contributed by atoms with Gasteiger partial charge in [-0.1, -0.05) is 25.0 Å². The Hall–Kier alpha value is -0.850. The molecule has 0 aliphatic heterocycles. The number of rotatable bonds is 1. The van der Waals surface area contributed by atoms with Crippen molar-refractivity contribution >= 4 is 5.78 Å². The van der Waals surface area contributed by atoms with Gasteiger partial charge in [-0.25, -0.2) is 0 Å². The Balaban J connectivity index is 2.31. The number of ketones is 1. The molecule has 0 saturated heterocycles. The van der Waals surface area contributed by atoms with Crippen LogP contribution in [0.5, 0.6) is 0 Å². The second-order valence-corrected chi connectivity index (χ2v) is 4.29. The van der Waals surface area contributed by atoms with E-state index in [0.29, 0.717) is 12.3 Å². The maximum atomic E-state index is 11.3. The lowest BCUT2D eigenvalue weighted by molar-refractivity contribution is -0.117. The topological polar surface area (TPSA) is 17.1 Å². The van der Waals surface area contributed by atoms with Gasteiger partial charge in [-0.05, 0) is 24.8 Å². The molecule has 70 valence electrons. The van der Waals surface area contributed by atoms with Crippen LogP contribution in [0.1, 0.15) is 32.1 Å². The Morgan fingerprint density at radius 2 is 2.38 bits per heavy atom. The van der Waals surface area contributed by atoms with E-state index in [9.17, 15) is 4.79 Å². The zero-order chi connectivity index (χ0) is 9.31. The van der Waals surface area contributed by atoms with Crippen molar-refractivity contribution in [2.24, 2.45) is 11.3 Å². The van der Waals surface area contributed by atoms with Crippen molar-refractivity contribution in [1.29, 1.82) is 0 Å². The number of allylic oxidation sites excluding steroid dienone is 3. The van der Waals surface area contributed by atoms with Crippen molar-refractivity contribution in [2.75, 3.05) is 0 Å². The molecule has 0 amide bonds. The van der Waals surface area contributed by atoms with E-state index in [1.807, 2.05) is 6.08 Å². The van der Waals surface area contributed by atoms with Crippen molar-refractivity contribution in [3.05, 3.63) is 24.8 Å². The SMILES string of the molecule is C=C[C@@]12CCCCC1C=CC(=O)C2. The Bertz CT molecular complexity index is 264. The molecule has 0 radical (unpaired) electrons. The first-order valence-electron chi connectivity index (χ1n) is 5.11. The van der Waals surface area contributed by atoms with E-state index in [2.05, 4.69) is 12.7 Å². The van der Waals surface area contributed by atoms with Crippen LogP contribution in [0.25, 0.3) is 0 Å². The van der Waals surface area contributed by atoms with E-state index in [1.54, 1.807) is 6.08 Å². The maximum absolute atomic E-state index is 11.3. The van der Waals surface area contributed by atoms with Gasteiger partial charge >= 0.3 is 0 Å². The molecular formula is C12H16O. The summed E-state index contributed by atoms with van der Waals surface area (Å²) in [5, 5.41) is 0. The predicted octanol–water partition coefficient (Wildman–Crippen LogP) is 2.88. The summed E-state index contributed by atoms with van der Waals surface area (Å²) in [6.45, 7) is 3.91. The normalized spacial score (nSPS) is 38.5. The highest BCUT2D eigenvalue weighted by molar-refractivity contribution is 5.91. The summed E-state index contributed by atoms with van der Waals surface area (Å²) in [5.41, 5.74) is 0.115. The quantitative estimate of drug-likeness (QED) is 0.561. The molecule has 0 spiro atoms. The highest BCUT2D eigenvalue weighted by atomic mass is 16.1. The molecule has 1 saturated carbocycles. The van der Waals surface area contributed by atoms with Gasteiger partial charge in [0.2, 0.25) is 0 Å². The van der Waals surface area contributed by atoms with Gasteiger partial charge in [0.25, 0.3) is 0 Å². The van der Waals surface area contributed by atoms with Crippen LogP contribution in [0, 0.1) is 11.3 Å². The van der Waals surface area contributed by atoms with Crippen molar-refractivity contribution in [3.8, 4) is 0 Å². The van der Waals surface area contributed by atoms with E-state index in [-0.39, 0.29) is 11.2 Å². The first kappa shape index (κ1) is 8.74. The molecule has 0 heterocycles. The zero-order valence-electron chi connectivity index (χ0n) is 7.96. The van der Waals surface area contributed by atoms with E-state index in [4.69, 9.17) is 0 Å². The fourth-order valence-corrected chi connectivity index (χ4v) is 2.73. The lowest BCUT2D eigenvalue weighted by atomic mass is 9.62. The molecule has 0 aromatic heterocycles. The molecule has 1 fully saturated rings. The first-order chi connectivity index (χ1) is 6.27. The highest BCUT2D eigenvalue weighted by Crippen LogP contribution is 2.47. The molecule has 2 aliphatic rings. The molecule has 2 aliphatic carbocycles. The Labute approximate surface area is 79.5 Å². The number of fused-ring (bicyclic) bond motifs is 1. The maximum Gasteiger partial charge on any atom is 0.156 e. The van der Waals surface area contributed by atoms with E-state index in [1.165, 1.54) is 19.3 Å². The third kappa shape index (κ3) is 1.37. The lowest BCUT2D eigenvalue weighted by Crippen LogP contribution is -2.35. The standard InChI is InChI=1S/C12H16O/c1-2-12-8-4-3-5-10(12)6-7-11(13)9-12/h2,6-7,10H,1,3-5,8-9H2/t10?,12-/m0/s1. The van der Waals surface area contributed by atoms with E-state index in [0.717, 1.165) is 6.42 Å². The van der Waals surface area contributed by atoms with Crippen molar-refractivity contribution in [3.63, 3.8) is 0 Å². The summed E-state index contributed by atoms with van der Waals surface area (Å²) in [6.07, 6.45) is 11.5. The number of carbonyl (C=O) groups is 1. The fourth-order valence-electron chi connectivity index (χ4n) is 2.73. The summed E-state index contributed by atoms with van der Waals surface area (Å²) < 4.78 is 0. The van der Waals surface area contributed by atoms with Crippen LogP contribution in [-0.4, -0.2) is 5.78 Å². The number of carbonyl (C=O) groups excluding carboxylic acids is 1. The van der Waals surface area contributed by atoms with E-state index < -0.39 is 0 Å². The number of hydrogen-bond acceptors (Lipinski definition) is 1. The summed E-state index contributed by atoms with van der Waals surface area (Å²) in [6, 6.07) is 0. The van der Waals surface area contributed by atoms with Crippen molar-refractivity contribution < 1.29 is 4.79 Å². The Morgan fingerprint density at radius 3 is 3.15 bits per heavy atom. The summed E-state index contributed by atoms with van der Waals surface area (Å²) in [5.74, 6) is 0.856. The molecule has 0 N–H and O–H groups in total. The highest BCUT2D eigenvalue weighted by Gasteiger charge is 2.40. The van der Waals surface area contributed by atoms with Gasteiger partial charge in [0, 0.05) is 11.8 Å². The molecule has 0 aromatic carbocycles. The molecule has 13 heavy (non-hydrogen) atoms. The van der Waals surface area contributed by atoms with Crippen molar-refractivity contribution in [1.82, 2.24) is 0 Å². The van der Waals surface area contributed by atoms with Gasteiger partial charge in [-0.15, -0.1) is 6.58 Å². The van der Waals surface area contributed by atoms with Gasteiger partial charge in [-0.3, -0.25) is 4.79 Å². The van der Waals surface area contributed by atoms with E-state index >= 15 is 0 Å². The van der Waals surface area contributed by atoms with Crippen LogP contribution in [0.3, 0.4) is 0 Å². The minimum absolute atomic E-state index is 0.115. The second-order valence-electron chi connectivity index (χ2n) is 4.29. The van der Waals surface area contributed by atoms with Gasteiger partial charge in [-0.2, -0.15) is 0 Å². The van der Waals surface area contributed by atoms with Gasteiger partial charge < -0.3 is 0 Å². The average molecular weight is 176 g/mol. The third-order valence-electron chi connectivity index (χ3n) is 3.57. The average Bonchev–Trinajstić information content (AvgIpc) is 2.17. The largest absolute Gasteiger partial charge is 0.295 e. The molecular weight excluding hydrogens is 160 g/mol. The fraction of sp³-hybridized carbons (Fsp3) is 0.583. The molecule has 2 rings (SSSR count). The monoisotopic (exact) mass is 176 g/mol. The lowest BCUT2D eigenvalue weighted by Gasteiger charge is -2.42. The van der Waals surface area contributed by atoms with Crippen LogP contribution in [0.4, 0.5) is 0 Å². The van der Waals surface area contributed by atoms with Gasteiger partial charge in [0.05, 0.1) is 0 Å². The molecule has 2 atom stereocenters. The molecule has 0 aromatic rings. The zero-order valence-corrected chi connectivity index (χ0v) is 7.96. The predicted molar refractivity (Wildman–Crippen MR) is 53.4 cm³/mol. The minimum Gasteiger partial charge on any atom is -0.295 e. The summed E-state index contributed by atoms with van der Waals surface area (Å²) in [7, 11) is 0. The summed E-state index contributed by atoms with van der Waals surface area (Å²) >= 11 is 0. The summed E-state index contributed by atoms with van der Waals surface area (Å²) in [4.78, 5) is 11.3. The number of hydrogen-bond donors (Lipinski definition) is 0. The van der Waals surface area contributed by atoms with Crippen LogP contribution in [0.15, 0.2) is 24.8 Å². The first-order valence-corrected chi connectivity index (χ1v) is 5.11. The molecule has 1 nitrogen and oxygen atoms in total. The van der Waals surface area contributed by atoms with Crippen LogP contribution in [-0.2, 0) is 4.79 Å². The Kier molecular flexibility index (Phi) is 2.10. The molecule has 1 unspecified atom stereocenters. The molecule has 1 heteroatoms. The van der Waals surface area contributed by atoms with Gasteiger partial charge in [0.15, 0.2) is 5.78 Å². The second kappa shape index (κ2) is 3.13.